The number of rotatable bonds is 2. The Labute approximate surface area is 151 Å². The summed E-state index contributed by atoms with van der Waals surface area (Å²) >= 11 is 1.48. The van der Waals surface area contributed by atoms with Gasteiger partial charge in [-0.15, -0.1) is 0 Å². The summed E-state index contributed by atoms with van der Waals surface area (Å²) in [6.45, 7) is 4.22. The number of nitrogens with zero attached hydrogens (tertiary/aromatic N) is 3. The number of aromatic amines is 1. The predicted molar refractivity (Wildman–Crippen MR) is 102 cm³/mol. The van der Waals surface area contributed by atoms with Gasteiger partial charge in [-0.3, -0.25) is 9.89 Å². The highest BCUT2D eigenvalue weighted by atomic mass is 32.2. The van der Waals surface area contributed by atoms with Crippen molar-refractivity contribution in [1.29, 1.82) is 0 Å². The largest absolute Gasteiger partial charge is 0.351 e. The normalized spacial score (nSPS) is 22.5. The topological polar surface area (TPSA) is 61.4 Å². The van der Waals surface area contributed by atoms with Crippen LogP contribution in [0.25, 0.3) is 17.3 Å². The fraction of sp³-hybridized carbons (Fsp3) is 0.316. The first-order valence-electron chi connectivity index (χ1n) is 8.57. The third-order valence-electron chi connectivity index (χ3n) is 4.55. The molecule has 1 amide bonds. The Morgan fingerprint density at radius 3 is 2.96 bits per heavy atom. The lowest BCUT2D eigenvalue weighted by Gasteiger charge is -2.31. The van der Waals surface area contributed by atoms with Crippen LogP contribution in [0.5, 0.6) is 0 Å². The van der Waals surface area contributed by atoms with Gasteiger partial charge in [0.1, 0.15) is 0 Å². The standard InChI is InChI=1S/C19H20N4OS/c1-13-6-5-9-23(12-13)19-21-18(24)16(25-19)10-15-11-20-22-17(15)14-7-3-2-4-8-14/h2-4,7-8,10-11,13H,5-6,9,12H2,1H3,(H,20,22)/b16-10-/t13-/m1/s1. The Bertz CT molecular complexity index is 840. The highest BCUT2D eigenvalue weighted by molar-refractivity contribution is 8.18. The molecule has 0 unspecified atom stereocenters. The van der Waals surface area contributed by atoms with E-state index in [1.54, 1.807) is 6.20 Å². The number of nitrogens with one attached hydrogen (secondary N) is 1. The summed E-state index contributed by atoms with van der Waals surface area (Å²) in [7, 11) is 0. The Kier molecular flexibility index (Phi) is 4.44. The van der Waals surface area contributed by atoms with Crippen molar-refractivity contribution < 1.29 is 4.79 Å². The lowest BCUT2D eigenvalue weighted by Crippen LogP contribution is -2.37. The van der Waals surface area contributed by atoms with Crippen LogP contribution in [-0.4, -0.2) is 39.3 Å². The number of hydrogen-bond donors (Lipinski definition) is 1. The van der Waals surface area contributed by atoms with E-state index in [0.29, 0.717) is 10.8 Å². The first kappa shape index (κ1) is 16.1. The van der Waals surface area contributed by atoms with Crippen LogP contribution < -0.4 is 0 Å². The minimum absolute atomic E-state index is 0.154. The zero-order chi connectivity index (χ0) is 17.2. The highest BCUT2D eigenvalue weighted by Crippen LogP contribution is 2.33. The monoisotopic (exact) mass is 352 g/mol. The van der Waals surface area contributed by atoms with Gasteiger partial charge in [0.2, 0.25) is 0 Å². The Morgan fingerprint density at radius 2 is 2.16 bits per heavy atom. The van der Waals surface area contributed by atoms with Crippen LogP contribution in [0, 0.1) is 5.92 Å². The maximum absolute atomic E-state index is 12.3. The second-order valence-electron chi connectivity index (χ2n) is 6.57. The highest BCUT2D eigenvalue weighted by Gasteiger charge is 2.28. The van der Waals surface area contributed by atoms with E-state index in [1.807, 2.05) is 36.4 Å². The van der Waals surface area contributed by atoms with Crippen molar-refractivity contribution in [3.05, 3.63) is 47.0 Å². The van der Waals surface area contributed by atoms with Gasteiger partial charge in [0.05, 0.1) is 16.8 Å². The van der Waals surface area contributed by atoms with E-state index in [4.69, 9.17) is 0 Å². The number of aromatic nitrogens is 2. The van der Waals surface area contributed by atoms with E-state index < -0.39 is 0 Å². The first-order valence-corrected chi connectivity index (χ1v) is 9.38. The second kappa shape index (κ2) is 6.88. The van der Waals surface area contributed by atoms with E-state index in [9.17, 15) is 4.79 Å². The van der Waals surface area contributed by atoms with Gasteiger partial charge in [0, 0.05) is 24.2 Å². The number of amidine groups is 1. The minimum Gasteiger partial charge on any atom is -0.351 e. The zero-order valence-electron chi connectivity index (χ0n) is 14.1. The lowest BCUT2D eigenvalue weighted by molar-refractivity contribution is -0.113. The van der Waals surface area contributed by atoms with Gasteiger partial charge in [-0.2, -0.15) is 10.1 Å². The molecule has 2 aliphatic heterocycles. The van der Waals surface area contributed by atoms with Gasteiger partial charge in [-0.05, 0) is 36.6 Å². The Morgan fingerprint density at radius 1 is 1.32 bits per heavy atom. The molecule has 1 atom stereocenters. The van der Waals surface area contributed by atoms with Gasteiger partial charge in [0.25, 0.3) is 5.91 Å². The third-order valence-corrected chi connectivity index (χ3v) is 5.60. The molecule has 1 saturated heterocycles. The van der Waals surface area contributed by atoms with Crippen molar-refractivity contribution in [3.63, 3.8) is 0 Å². The second-order valence-corrected chi connectivity index (χ2v) is 7.58. The van der Waals surface area contributed by atoms with Crippen LogP contribution >= 0.6 is 11.8 Å². The molecule has 6 heteroatoms. The number of likely N-dealkylation sites (tertiary alicyclic amines) is 1. The van der Waals surface area contributed by atoms with E-state index in [0.717, 1.165) is 41.5 Å². The molecule has 0 aliphatic carbocycles. The molecular weight excluding hydrogens is 332 g/mol. The molecule has 0 saturated carbocycles. The van der Waals surface area contributed by atoms with E-state index in [2.05, 4.69) is 27.0 Å². The summed E-state index contributed by atoms with van der Waals surface area (Å²) < 4.78 is 0. The van der Waals surface area contributed by atoms with E-state index in [-0.39, 0.29) is 5.91 Å². The predicted octanol–water partition coefficient (Wildman–Crippen LogP) is 3.78. The van der Waals surface area contributed by atoms with Crippen LogP contribution in [0.2, 0.25) is 0 Å². The molecule has 2 aromatic rings. The summed E-state index contributed by atoms with van der Waals surface area (Å²) in [4.78, 5) is 19.5. The molecule has 128 valence electrons. The Hall–Kier alpha value is -2.34. The van der Waals surface area contributed by atoms with Gasteiger partial charge in [-0.1, -0.05) is 37.3 Å². The SMILES string of the molecule is C[C@@H]1CCCN(C2=NC(=O)/C(=C/c3cn[nH]c3-c3ccccc3)S2)C1. The lowest BCUT2D eigenvalue weighted by atomic mass is 10.0. The average Bonchev–Trinajstić information content (AvgIpc) is 3.23. The maximum atomic E-state index is 12.3. The number of benzene rings is 1. The molecule has 1 N–H and O–H groups in total. The zero-order valence-corrected chi connectivity index (χ0v) is 14.9. The molecule has 0 spiro atoms. The number of carbonyl (C=O) groups excluding carboxylic acids is 1. The quantitative estimate of drug-likeness (QED) is 0.836. The summed E-state index contributed by atoms with van der Waals surface area (Å²) in [5.74, 6) is 0.497. The number of thioether (sulfide) groups is 1. The van der Waals surface area contributed by atoms with Crippen molar-refractivity contribution in [2.45, 2.75) is 19.8 Å². The van der Waals surface area contributed by atoms with Crippen LogP contribution in [0.1, 0.15) is 25.3 Å². The van der Waals surface area contributed by atoms with Crippen molar-refractivity contribution >= 4 is 28.9 Å². The molecule has 0 bridgehead atoms. The molecule has 3 heterocycles. The number of amides is 1. The summed E-state index contributed by atoms with van der Waals surface area (Å²) in [6.07, 6.45) is 6.06. The molecule has 4 rings (SSSR count). The molecule has 2 aliphatic rings. The number of piperidine rings is 1. The molecule has 1 fully saturated rings. The van der Waals surface area contributed by atoms with E-state index in [1.165, 1.54) is 18.2 Å². The first-order chi connectivity index (χ1) is 12.2. The van der Waals surface area contributed by atoms with E-state index >= 15 is 0 Å². The minimum atomic E-state index is -0.154. The molecule has 25 heavy (non-hydrogen) atoms. The molecule has 5 nitrogen and oxygen atoms in total. The fourth-order valence-corrected chi connectivity index (χ4v) is 4.22. The van der Waals surface area contributed by atoms with Gasteiger partial charge >= 0.3 is 0 Å². The van der Waals surface area contributed by atoms with Crippen molar-refractivity contribution in [2.24, 2.45) is 10.9 Å². The number of aliphatic imine (C=N–C) groups is 1. The smallest absolute Gasteiger partial charge is 0.286 e. The van der Waals surface area contributed by atoms with Gasteiger partial charge in [0.15, 0.2) is 5.17 Å². The van der Waals surface area contributed by atoms with Crippen molar-refractivity contribution in [3.8, 4) is 11.3 Å². The molecular formula is C19H20N4OS. The van der Waals surface area contributed by atoms with Crippen LogP contribution in [0.4, 0.5) is 0 Å². The van der Waals surface area contributed by atoms with Crippen molar-refractivity contribution in [2.75, 3.05) is 13.1 Å². The van der Waals surface area contributed by atoms with Gasteiger partial charge < -0.3 is 4.90 Å². The molecule has 1 aromatic heterocycles. The molecule has 0 radical (unpaired) electrons. The number of carbonyl (C=O) groups is 1. The van der Waals surface area contributed by atoms with Crippen LogP contribution in [0.15, 0.2) is 46.4 Å². The molecule has 1 aromatic carbocycles. The summed E-state index contributed by atoms with van der Waals surface area (Å²) in [5.41, 5.74) is 2.88. The van der Waals surface area contributed by atoms with Crippen LogP contribution in [-0.2, 0) is 4.79 Å². The van der Waals surface area contributed by atoms with Gasteiger partial charge in [-0.25, -0.2) is 0 Å². The Balaban J connectivity index is 1.56. The number of hydrogen-bond acceptors (Lipinski definition) is 4. The third kappa shape index (κ3) is 3.39. The van der Waals surface area contributed by atoms with Crippen molar-refractivity contribution in [1.82, 2.24) is 15.1 Å². The fourth-order valence-electron chi connectivity index (χ4n) is 3.28. The maximum Gasteiger partial charge on any atom is 0.286 e. The number of H-pyrrole nitrogens is 1. The average molecular weight is 352 g/mol. The summed E-state index contributed by atoms with van der Waals surface area (Å²) in [5, 5.41) is 8.02. The summed E-state index contributed by atoms with van der Waals surface area (Å²) in [6, 6.07) is 10.0. The van der Waals surface area contributed by atoms with Crippen LogP contribution in [0.3, 0.4) is 0 Å².